The van der Waals surface area contributed by atoms with Crippen molar-refractivity contribution in [2.24, 2.45) is 0 Å². The van der Waals surface area contributed by atoms with Gasteiger partial charge in [0.2, 0.25) is 5.91 Å². The summed E-state index contributed by atoms with van der Waals surface area (Å²) in [6.07, 6.45) is 0. The number of anilines is 1. The molecule has 0 radical (unpaired) electrons. The molecule has 0 spiro atoms. The molecule has 0 atom stereocenters. The lowest BCUT2D eigenvalue weighted by Crippen LogP contribution is -2.14. The van der Waals surface area contributed by atoms with Gasteiger partial charge in [-0.3, -0.25) is 14.9 Å². The number of hydrogen-bond donors (Lipinski definition) is 1. The lowest BCUT2D eigenvalue weighted by atomic mass is 10.1. The number of carbonyl (C=O) groups is 1. The van der Waals surface area contributed by atoms with Gasteiger partial charge in [0.25, 0.3) is 5.69 Å². The van der Waals surface area contributed by atoms with Gasteiger partial charge in [-0.05, 0) is 31.0 Å². The number of halogens is 1. The maximum atomic E-state index is 11.2. The number of amides is 1. The molecular weight excluding hydrogens is 276 g/mol. The molecule has 1 aromatic carbocycles. The largest absolute Gasteiger partial charge is 0.320 e. The summed E-state index contributed by atoms with van der Waals surface area (Å²) in [5, 5.41) is 13.4. The molecule has 0 aliphatic heterocycles. The molecule has 1 N–H and O–H groups in total. The molecule has 1 aromatic rings. The van der Waals surface area contributed by atoms with Crippen LogP contribution in [0.2, 0.25) is 0 Å². The Bertz CT molecular complexity index is 446. The first-order chi connectivity index (χ1) is 7.45. The van der Waals surface area contributed by atoms with Crippen LogP contribution in [0.1, 0.15) is 11.1 Å². The quantitative estimate of drug-likeness (QED) is 0.527. The summed E-state index contributed by atoms with van der Waals surface area (Å²) in [6, 6.07) is 3.06. The Hall–Kier alpha value is -1.43. The summed E-state index contributed by atoms with van der Waals surface area (Å²) in [5.74, 6) is -0.314. The predicted octanol–water partition coefficient (Wildman–Crippen LogP) is 2.55. The fraction of sp³-hybridized carbons (Fsp3) is 0.300. The Morgan fingerprint density at radius 2 is 2.00 bits per heavy atom. The molecular formula is C10H11BrN2O3. The van der Waals surface area contributed by atoms with Gasteiger partial charge in [-0.15, -0.1) is 0 Å². The Balaban J connectivity index is 3.19. The molecule has 16 heavy (non-hydrogen) atoms. The highest BCUT2D eigenvalue weighted by Crippen LogP contribution is 2.27. The molecule has 0 aromatic heterocycles. The fourth-order valence-corrected chi connectivity index (χ4v) is 1.38. The van der Waals surface area contributed by atoms with Gasteiger partial charge in [0.15, 0.2) is 0 Å². The van der Waals surface area contributed by atoms with Crippen LogP contribution in [0.4, 0.5) is 11.4 Å². The second kappa shape index (κ2) is 5.07. The molecule has 0 aliphatic rings. The van der Waals surface area contributed by atoms with E-state index >= 15 is 0 Å². The lowest BCUT2D eigenvalue weighted by Gasteiger charge is -2.07. The van der Waals surface area contributed by atoms with Crippen LogP contribution in [0.15, 0.2) is 12.1 Å². The van der Waals surface area contributed by atoms with E-state index in [-0.39, 0.29) is 22.6 Å². The van der Waals surface area contributed by atoms with E-state index in [9.17, 15) is 14.9 Å². The SMILES string of the molecule is Cc1cc(NC(=O)CBr)c([N+](=O)[O-])cc1C. The van der Waals surface area contributed by atoms with Gasteiger partial charge in [0.05, 0.1) is 10.3 Å². The molecule has 86 valence electrons. The van der Waals surface area contributed by atoms with Crippen LogP contribution in [-0.4, -0.2) is 16.2 Å². The van der Waals surface area contributed by atoms with Gasteiger partial charge in [-0.25, -0.2) is 0 Å². The first-order valence-corrected chi connectivity index (χ1v) is 5.69. The molecule has 0 saturated carbocycles. The van der Waals surface area contributed by atoms with Crippen LogP contribution >= 0.6 is 15.9 Å². The van der Waals surface area contributed by atoms with E-state index in [2.05, 4.69) is 21.2 Å². The van der Waals surface area contributed by atoms with Crippen molar-refractivity contribution < 1.29 is 9.72 Å². The van der Waals surface area contributed by atoms with Gasteiger partial charge in [-0.2, -0.15) is 0 Å². The molecule has 0 bridgehead atoms. The number of carbonyl (C=O) groups excluding carboxylic acids is 1. The van der Waals surface area contributed by atoms with Crippen LogP contribution in [0, 0.1) is 24.0 Å². The topological polar surface area (TPSA) is 72.2 Å². The standard InChI is InChI=1S/C10H11BrN2O3/c1-6-3-8(12-10(14)5-11)9(13(15)16)4-7(6)2/h3-4H,5H2,1-2H3,(H,12,14). The second-order valence-electron chi connectivity index (χ2n) is 3.39. The van der Waals surface area contributed by atoms with Crippen LogP contribution < -0.4 is 5.32 Å². The minimum Gasteiger partial charge on any atom is -0.320 e. The van der Waals surface area contributed by atoms with Crippen molar-refractivity contribution in [1.29, 1.82) is 0 Å². The van der Waals surface area contributed by atoms with Crippen molar-refractivity contribution in [3.63, 3.8) is 0 Å². The number of alkyl halides is 1. The maximum Gasteiger partial charge on any atom is 0.293 e. The van der Waals surface area contributed by atoms with E-state index in [1.165, 1.54) is 6.07 Å². The second-order valence-corrected chi connectivity index (χ2v) is 3.95. The van der Waals surface area contributed by atoms with E-state index in [1.807, 2.05) is 6.92 Å². The third-order valence-corrected chi connectivity index (χ3v) is 2.71. The number of nitrogens with zero attached hydrogens (tertiary/aromatic N) is 1. The van der Waals surface area contributed by atoms with Crippen LogP contribution in [0.5, 0.6) is 0 Å². The van der Waals surface area contributed by atoms with E-state index in [0.29, 0.717) is 0 Å². The van der Waals surface area contributed by atoms with E-state index < -0.39 is 4.92 Å². The highest BCUT2D eigenvalue weighted by molar-refractivity contribution is 9.09. The summed E-state index contributed by atoms with van der Waals surface area (Å²) >= 11 is 2.98. The number of nitrogens with one attached hydrogen (secondary N) is 1. The van der Waals surface area contributed by atoms with Crippen molar-refractivity contribution in [2.75, 3.05) is 10.6 Å². The van der Waals surface area contributed by atoms with Crippen molar-refractivity contribution in [1.82, 2.24) is 0 Å². The Kier molecular flexibility index (Phi) is 4.00. The Morgan fingerprint density at radius 1 is 1.44 bits per heavy atom. The Morgan fingerprint density at radius 3 is 2.50 bits per heavy atom. The molecule has 0 aliphatic carbocycles. The zero-order valence-electron chi connectivity index (χ0n) is 8.91. The van der Waals surface area contributed by atoms with Crippen molar-refractivity contribution >= 4 is 33.2 Å². The number of nitro benzene ring substituents is 1. The van der Waals surface area contributed by atoms with Gasteiger partial charge in [0, 0.05) is 6.07 Å². The minimum atomic E-state index is -0.504. The van der Waals surface area contributed by atoms with E-state index in [4.69, 9.17) is 0 Å². The Labute approximate surface area is 101 Å². The molecule has 5 nitrogen and oxygen atoms in total. The number of rotatable bonds is 3. The van der Waals surface area contributed by atoms with Gasteiger partial charge in [-0.1, -0.05) is 15.9 Å². The summed E-state index contributed by atoms with van der Waals surface area (Å²) in [6.45, 7) is 3.63. The molecule has 1 amide bonds. The summed E-state index contributed by atoms with van der Waals surface area (Å²) < 4.78 is 0. The molecule has 0 unspecified atom stereocenters. The van der Waals surface area contributed by atoms with Crippen molar-refractivity contribution in [2.45, 2.75) is 13.8 Å². The third kappa shape index (κ3) is 2.79. The normalized spacial score (nSPS) is 9.94. The summed E-state index contributed by atoms with van der Waals surface area (Å²) in [4.78, 5) is 21.5. The lowest BCUT2D eigenvalue weighted by molar-refractivity contribution is -0.384. The number of aryl methyl sites for hydroxylation is 2. The van der Waals surface area contributed by atoms with Crippen LogP contribution in [0.3, 0.4) is 0 Å². The van der Waals surface area contributed by atoms with Crippen molar-refractivity contribution in [3.05, 3.63) is 33.4 Å². The van der Waals surface area contributed by atoms with E-state index in [0.717, 1.165) is 11.1 Å². The highest BCUT2D eigenvalue weighted by atomic mass is 79.9. The highest BCUT2D eigenvalue weighted by Gasteiger charge is 2.16. The molecule has 0 heterocycles. The first-order valence-electron chi connectivity index (χ1n) is 4.57. The number of nitro groups is 1. The monoisotopic (exact) mass is 286 g/mol. The van der Waals surface area contributed by atoms with Crippen molar-refractivity contribution in [3.8, 4) is 0 Å². The summed E-state index contributed by atoms with van der Waals surface area (Å²) in [7, 11) is 0. The average molecular weight is 287 g/mol. The smallest absolute Gasteiger partial charge is 0.293 e. The number of hydrogen-bond acceptors (Lipinski definition) is 3. The zero-order chi connectivity index (χ0) is 12.3. The molecule has 6 heteroatoms. The van der Waals surface area contributed by atoms with Gasteiger partial charge < -0.3 is 5.32 Å². The molecule has 0 fully saturated rings. The first kappa shape index (κ1) is 12.6. The van der Waals surface area contributed by atoms with Gasteiger partial charge >= 0.3 is 0 Å². The predicted molar refractivity (Wildman–Crippen MR) is 65.0 cm³/mol. The zero-order valence-corrected chi connectivity index (χ0v) is 10.5. The summed E-state index contributed by atoms with van der Waals surface area (Å²) in [5.41, 5.74) is 1.87. The van der Waals surface area contributed by atoms with Gasteiger partial charge in [0.1, 0.15) is 5.69 Å². The molecule has 1 rings (SSSR count). The minimum absolute atomic E-state index is 0.0857. The molecule has 0 saturated heterocycles. The van der Waals surface area contributed by atoms with E-state index in [1.54, 1.807) is 13.0 Å². The maximum absolute atomic E-state index is 11.2. The van der Waals surface area contributed by atoms with Crippen LogP contribution in [0.25, 0.3) is 0 Å². The average Bonchev–Trinajstić information content (AvgIpc) is 2.22. The third-order valence-electron chi connectivity index (χ3n) is 2.20. The van der Waals surface area contributed by atoms with Crippen LogP contribution in [-0.2, 0) is 4.79 Å². The number of benzene rings is 1. The fourth-order valence-electron chi connectivity index (χ4n) is 1.24.